The normalized spacial score (nSPS) is 11.4. The molecule has 2 N–H and O–H groups in total. The molecule has 0 saturated heterocycles. The summed E-state index contributed by atoms with van der Waals surface area (Å²) >= 11 is 0. The molecular formula is C29H33N3O2. The first kappa shape index (κ1) is 23.4. The molecule has 176 valence electrons. The van der Waals surface area contributed by atoms with Crippen molar-refractivity contribution in [1.29, 1.82) is 0 Å². The van der Waals surface area contributed by atoms with E-state index >= 15 is 0 Å². The van der Waals surface area contributed by atoms with E-state index in [4.69, 9.17) is 4.74 Å². The number of urea groups is 1. The topological polar surface area (TPSA) is 57.4 Å². The molecule has 0 radical (unpaired) electrons. The van der Waals surface area contributed by atoms with E-state index in [9.17, 15) is 4.79 Å². The number of benzene rings is 3. The highest BCUT2D eigenvalue weighted by molar-refractivity contribution is 5.89. The summed E-state index contributed by atoms with van der Waals surface area (Å²) in [4.78, 5) is 18.5. The Balaban J connectivity index is 1.52. The van der Waals surface area contributed by atoms with Crippen molar-refractivity contribution in [3.05, 3.63) is 95.7 Å². The number of nitrogens with one attached hydrogen (secondary N) is 2. The van der Waals surface area contributed by atoms with Crippen LogP contribution in [0.2, 0.25) is 0 Å². The number of hydrogen-bond acceptors (Lipinski definition) is 2. The highest BCUT2D eigenvalue weighted by Gasteiger charge is 2.17. The predicted octanol–water partition coefficient (Wildman–Crippen LogP) is 6.75. The maximum atomic E-state index is 13.3. The largest absolute Gasteiger partial charge is 0.497 e. The van der Waals surface area contributed by atoms with Crippen molar-refractivity contribution >= 4 is 22.6 Å². The zero-order valence-corrected chi connectivity index (χ0v) is 20.4. The van der Waals surface area contributed by atoms with E-state index in [1.165, 1.54) is 16.5 Å². The van der Waals surface area contributed by atoms with E-state index in [0.717, 1.165) is 28.9 Å². The molecule has 0 bridgehead atoms. The molecule has 5 nitrogen and oxygen atoms in total. The second-order valence-electron chi connectivity index (χ2n) is 9.64. The maximum absolute atomic E-state index is 13.3. The van der Waals surface area contributed by atoms with Gasteiger partial charge >= 0.3 is 6.03 Å². The Labute approximate surface area is 201 Å². The number of H-pyrrole nitrogens is 1. The van der Waals surface area contributed by atoms with Crippen molar-refractivity contribution in [2.75, 3.05) is 19.0 Å². The van der Waals surface area contributed by atoms with Gasteiger partial charge in [0.1, 0.15) is 5.75 Å². The minimum Gasteiger partial charge on any atom is -0.497 e. The van der Waals surface area contributed by atoms with Gasteiger partial charge in [-0.1, -0.05) is 63.2 Å². The minimum absolute atomic E-state index is 0.0965. The number of nitrogens with zero attached hydrogens (tertiary/aromatic N) is 1. The Morgan fingerprint density at radius 1 is 0.971 bits per heavy atom. The van der Waals surface area contributed by atoms with Crippen molar-refractivity contribution in [3.8, 4) is 5.75 Å². The lowest BCUT2D eigenvalue weighted by molar-refractivity contribution is 0.210. The third-order valence-corrected chi connectivity index (χ3v) is 6.15. The van der Waals surface area contributed by atoms with Crippen molar-refractivity contribution in [2.24, 2.45) is 0 Å². The van der Waals surface area contributed by atoms with E-state index in [1.54, 1.807) is 7.11 Å². The fraction of sp³-hybridized carbons (Fsp3) is 0.276. The van der Waals surface area contributed by atoms with Gasteiger partial charge < -0.3 is 19.9 Å². The summed E-state index contributed by atoms with van der Waals surface area (Å²) < 4.78 is 5.22. The SMILES string of the molecule is COc1ccc(NC(=O)N(CCc2c[nH]c3ccccc23)Cc2ccc(C(C)(C)C)cc2)cc1. The molecule has 1 heterocycles. The van der Waals surface area contributed by atoms with Crippen molar-refractivity contribution < 1.29 is 9.53 Å². The number of aromatic nitrogens is 1. The van der Waals surface area contributed by atoms with Gasteiger partial charge in [-0.05, 0) is 58.9 Å². The summed E-state index contributed by atoms with van der Waals surface area (Å²) in [5.74, 6) is 0.758. The summed E-state index contributed by atoms with van der Waals surface area (Å²) in [6.45, 7) is 7.76. The molecule has 4 rings (SSSR count). The second-order valence-corrected chi connectivity index (χ2v) is 9.64. The molecular weight excluding hydrogens is 422 g/mol. The Morgan fingerprint density at radius 2 is 1.68 bits per heavy atom. The Hall–Kier alpha value is -3.73. The monoisotopic (exact) mass is 455 g/mol. The molecule has 5 heteroatoms. The average Bonchev–Trinajstić information content (AvgIpc) is 3.25. The van der Waals surface area contributed by atoms with E-state index in [0.29, 0.717) is 13.1 Å². The van der Waals surface area contributed by atoms with Gasteiger partial charge in [0.05, 0.1) is 7.11 Å². The number of rotatable bonds is 7. The molecule has 4 aromatic rings. The number of fused-ring (bicyclic) bond motifs is 1. The Bertz CT molecular complexity index is 1240. The van der Waals surface area contributed by atoms with Crippen LogP contribution in [0, 0.1) is 0 Å². The molecule has 0 atom stereocenters. The molecule has 3 aromatic carbocycles. The van der Waals surface area contributed by atoms with Crippen molar-refractivity contribution in [1.82, 2.24) is 9.88 Å². The highest BCUT2D eigenvalue weighted by Crippen LogP contribution is 2.23. The molecule has 34 heavy (non-hydrogen) atoms. The molecule has 0 aliphatic heterocycles. The smallest absolute Gasteiger partial charge is 0.322 e. The lowest BCUT2D eigenvalue weighted by atomic mass is 9.87. The molecule has 1 aromatic heterocycles. The van der Waals surface area contributed by atoms with Gasteiger partial charge in [-0.3, -0.25) is 0 Å². The van der Waals surface area contributed by atoms with Crippen LogP contribution in [0.15, 0.2) is 79.0 Å². The van der Waals surface area contributed by atoms with Gasteiger partial charge in [0.2, 0.25) is 0 Å². The molecule has 0 saturated carbocycles. The summed E-state index contributed by atoms with van der Waals surface area (Å²) in [6.07, 6.45) is 2.81. The Morgan fingerprint density at radius 3 is 2.35 bits per heavy atom. The second kappa shape index (κ2) is 10.0. The Kier molecular flexibility index (Phi) is 6.92. The van der Waals surface area contributed by atoms with E-state index in [-0.39, 0.29) is 11.4 Å². The van der Waals surface area contributed by atoms with Crippen LogP contribution in [0.4, 0.5) is 10.5 Å². The molecule has 0 unspecified atom stereocenters. The van der Waals surface area contributed by atoms with Gasteiger partial charge in [-0.25, -0.2) is 4.79 Å². The molecule has 0 spiro atoms. The summed E-state index contributed by atoms with van der Waals surface area (Å²) in [7, 11) is 1.63. The number of carbonyl (C=O) groups is 1. The minimum atomic E-state index is -0.120. The van der Waals surface area contributed by atoms with E-state index in [2.05, 4.69) is 67.5 Å². The number of methoxy groups -OCH3 is 1. The summed E-state index contributed by atoms with van der Waals surface area (Å²) in [5, 5.41) is 4.24. The van der Waals surface area contributed by atoms with Gasteiger partial charge in [-0.15, -0.1) is 0 Å². The standard InChI is InChI=1S/C29H33N3O2/c1-29(2,3)23-11-9-21(10-12-23)20-32(28(33)31-24-13-15-25(34-4)16-14-24)18-17-22-19-30-27-8-6-5-7-26(22)27/h5-16,19,30H,17-18,20H2,1-4H3,(H,31,33). The number of hydrogen-bond donors (Lipinski definition) is 2. The fourth-order valence-electron chi connectivity index (χ4n) is 4.05. The van der Waals surface area contributed by atoms with Crippen LogP contribution >= 0.6 is 0 Å². The summed E-state index contributed by atoms with van der Waals surface area (Å²) in [5.41, 5.74) is 5.55. The van der Waals surface area contributed by atoms with Gasteiger partial charge in [0.15, 0.2) is 0 Å². The van der Waals surface area contributed by atoms with Crippen LogP contribution in [0.25, 0.3) is 10.9 Å². The molecule has 0 aliphatic carbocycles. The highest BCUT2D eigenvalue weighted by atomic mass is 16.5. The van der Waals surface area contributed by atoms with Crippen LogP contribution < -0.4 is 10.1 Å². The lowest BCUT2D eigenvalue weighted by Gasteiger charge is -2.24. The fourth-order valence-corrected chi connectivity index (χ4v) is 4.05. The lowest BCUT2D eigenvalue weighted by Crippen LogP contribution is -2.36. The average molecular weight is 456 g/mol. The van der Waals surface area contributed by atoms with E-state index < -0.39 is 0 Å². The zero-order valence-electron chi connectivity index (χ0n) is 20.4. The van der Waals surface area contributed by atoms with Gasteiger partial charge in [0.25, 0.3) is 0 Å². The van der Waals surface area contributed by atoms with Crippen LogP contribution in [-0.2, 0) is 18.4 Å². The van der Waals surface area contributed by atoms with Crippen LogP contribution in [0.5, 0.6) is 5.75 Å². The van der Waals surface area contributed by atoms with Gasteiger partial charge in [0, 0.05) is 35.9 Å². The zero-order chi connectivity index (χ0) is 24.1. The van der Waals surface area contributed by atoms with E-state index in [1.807, 2.05) is 47.5 Å². The van der Waals surface area contributed by atoms with Crippen LogP contribution in [-0.4, -0.2) is 29.6 Å². The number of para-hydroxylation sites is 1. The first-order valence-corrected chi connectivity index (χ1v) is 11.7. The first-order chi connectivity index (χ1) is 16.3. The maximum Gasteiger partial charge on any atom is 0.322 e. The quantitative estimate of drug-likeness (QED) is 0.324. The van der Waals surface area contributed by atoms with Crippen molar-refractivity contribution in [3.63, 3.8) is 0 Å². The van der Waals surface area contributed by atoms with Crippen molar-refractivity contribution in [2.45, 2.75) is 39.2 Å². The number of carbonyl (C=O) groups excluding carboxylic acids is 1. The molecule has 0 fully saturated rings. The first-order valence-electron chi connectivity index (χ1n) is 11.7. The molecule has 0 aliphatic rings. The third kappa shape index (κ3) is 5.60. The number of anilines is 1. The third-order valence-electron chi connectivity index (χ3n) is 6.15. The number of aromatic amines is 1. The number of ether oxygens (including phenoxy) is 1. The van der Waals surface area contributed by atoms with Gasteiger partial charge in [-0.2, -0.15) is 0 Å². The predicted molar refractivity (Wildman–Crippen MR) is 140 cm³/mol. The van der Waals surface area contributed by atoms with Crippen LogP contribution in [0.3, 0.4) is 0 Å². The molecule has 2 amide bonds. The number of amides is 2. The summed E-state index contributed by atoms with van der Waals surface area (Å²) in [6, 6.07) is 24.1. The van der Waals surface area contributed by atoms with Crippen LogP contribution in [0.1, 0.15) is 37.5 Å².